The van der Waals surface area contributed by atoms with Gasteiger partial charge in [-0.25, -0.2) is 4.98 Å². The first kappa shape index (κ1) is 17.4. The maximum Gasteiger partial charge on any atom is 0.126 e. The van der Waals surface area contributed by atoms with Gasteiger partial charge >= 0.3 is 0 Å². The highest BCUT2D eigenvalue weighted by Gasteiger charge is 2.38. The molecule has 0 atom stereocenters. The number of hydrogen-bond donors (Lipinski definition) is 2. The third-order valence-corrected chi connectivity index (χ3v) is 5.97. The molecule has 1 fully saturated rings. The van der Waals surface area contributed by atoms with Crippen molar-refractivity contribution in [1.82, 2.24) is 19.7 Å². The maximum absolute atomic E-state index is 9.12. The lowest BCUT2D eigenvalue weighted by Crippen LogP contribution is -2.28. The summed E-state index contributed by atoms with van der Waals surface area (Å²) in [5.74, 6) is 1.34. The van der Waals surface area contributed by atoms with Crippen LogP contribution in [0.3, 0.4) is 0 Å². The molecule has 1 saturated carbocycles. The molecule has 2 bridgehead atoms. The first-order chi connectivity index (χ1) is 13.7. The molecule has 3 aliphatic rings. The Morgan fingerprint density at radius 3 is 2.82 bits per heavy atom. The fraction of sp³-hybridized carbons (Fsp3) is 0.409. The molecule has 0 saturated heterocycles. The number of fused-ring (bicyclic) bond motifs is 2. The molecule has 1 aliphatic carbocycles. The third-order valence-electron chi connectivity index (χ3n) is 5.97. The van der Waals surface area contributed by atoms with E-state index in [1.165, 1.54) is 36.9 Å². The van der Waals surface area contributed by atoms with Crippen LogP contribution in [0.5, 0.6) is 0 Å². The Balaban J connectivity index is 1.70. The zero-order chi connectivity index (χ0) is 19.1. The normalized spacial score (nSPS) is 20.2. The molecule has 5 heterocycles. The molecule has 6 rings (SSSR count). The summed E-state index contributed by atoms with van der Waals surface area (Å²) in [4.78, 5) is 9.17. The van der Waals surface area contributed by atoms with Crippen LogP contribution in [0.15, 0.2) is 36.5 Å². The molecule has 3 aromatic heterocycles. The minimum absolute atomic E-state index is 0.0807. The van der Waals surface area contributed by atoms with E-state index in [0.29, 0.717) is 18.5 Å². The number of aryl methyl sites for hydroxylation is 1. The van der Waals surface area contributed by atoms with E-state index in [0.717, 1.165) is 28.5 Å². The average molecular weight is 375 g/mol. The van der Waals surface area contributed by atoms with Crippen LogP contribution in [0.1, 0.15) is 49.0 Å². The Hall–Kier alpha value is -2.73. The molecule has 0 amide bonds. The summed E-state index contributed by atoms with van der Waals surface area (Å²) in [5.41, 5.74) is 6.57. The van der Waals surface area contributed by atoms with E-state index in [9.17, 15) is 0 Å². The molecule has 144 valence electrons. The van der Waals surface area contributed by atoms with Crippen molar-refractivity contribution in [3.05, 3.63) is 47.9 Å². The van der Waals surface area contributed by atoms with Crippen LogP contribution in [-0.4, -0.2) is 38.0 Å². The third kappa shape index (κ3) is 2.88. The Morgan fingerprint density at radius 1 is 1.18 bits per heavy atom. The summed E-state index contributed by atoms with van der Waals surface area (Å²) in [6.07, 6.45) is 6.75. The van der Waals surface area contributed by atoms with Gasteiger partial charge in [0.15, 0.2) is 0 Å². The van der Waals surface area contributed by atoms with Crippen molar-refractivity contribution in [1.29, 1.82) is 0 Å². The molecule has 28 heavy (non-hydrogen) atoms. The number of anilines is 1. The van der Waals surface area contributed by atoms with Gasteiger partial charge in [0, 0.05) is 29.9 Å². The minimum atomic E-state index is 0.0807. The predicted octanol–water partition coefficient (Wildman–Crippen LogP) is 3.93. The second-order valence-corrected chi connectivity index (χ2v) is 7.80. The van der Waals surface area contributed by atoms with Crippen molar-refractivity contribution in [3.8, 4) is 22.5 Å². The number of aliphatic hydroxyl groups excluding tert-OH is 1. The Morgan fingerprint density at radius 2 is 2.04 bits per heavy atom. The van der Waals surface area contributed by atoms with Crippen molar-refractivity contribution >= 4 is 5.82 Å². The molecular formula is C22H25N5O. The molecule has 0 radical (unpaired) electrons. The molecule has 0 spiro atoms. The van der Waals surface area contributed by atoms with Gasteiger partial charge < -0.3 is 10.4 Å². The highest BCUT2D eigenvalue weighted by Crippen LogP contribution is 2.50. The number of aromatic nitrogens is 4. The number of pyridine rings is 2. The van der Waals surface area contributed by atoms with E-state index >= 15 is 0 Å². The number of nitrogens with one attached hydrogen (secondary N) is 1. The quantitative estimate of drug-likeness (QED) is 0.707. The van der Waals surface area contributed by atoms with Crippen LogP contribution in [0.2, 0.25) is 0 Å². The molecule has 3 aromatic rings. The van der Waals surface area contributed by atoms with Crippen molar-refractivity contribution in [3.63, 3.8) is 0 Å². The second-order valence-electron chi connectivity index (χ2n) is 7.80. The van der Waals surface area contributed by atoms with Gasteiger partial charge in [-0.3, -0.25) is 9.67 Å². The van der Waals surface area contributed by atoms with E-state index < -0.39 is 0 Å². The maximum atomic E-state index is 9.12. The largest absolute Gasteiger partial charge is 0.395 e. The summed E-state index contributed by atoms with van der Waals surface area (Å²) in [5, 5.41) is 17.4. The summed E-state index contributed by atoms with van der Waals surface area (Å²) in [7, 11) is 0. The lowest BCUT2D eigenvalue weighted by molar-refractivity contribution is 0.240. The molecule has 6 nitrogen and oxygen atoms in total. The fourth-order valence-corrected chi connectivity index (χ4v) is 4.72. The molecule has 2 N–H and O–H groups in total. The van der Waals surface area contributed by atoms with Gasteiger partial charge in [-0.2, -0.15) is 5.10 Å². The molecular weight excluding hydrogens is 350 g/mol. The summed E-state index contributed by atoms with van der Waals surface area (Å²) in [6.45, 7) is 2.59. The molecule has 2 aliphatic heterocycles. The van der Waals surface area contributed by atoms with Crippen LogP contribution >= 0.6 is 0 Å². The van der Waals surface area contributed by atoms with Crippen LogP contribution < -0.4 is 5.32 Å². The van der Waals surface area contributed by atoms with Gasteiger partial charge in [-0.1, -0.05) is 6.07 Å². The SMILES string of the molecule is Cc1cccc(-c2nn3c(c2-c2ccnc(NCCO)c2)C2CCC3CC2)n1. The summed E-state index contributed by atoms with van der Waals surface area (Å²) < 4.78 is 2.29. The van der Waals surface area contributed by atoms with Gasteiger partial charge in [0.2, 0.25) is 0 Å². The van der Waals surface area contributed by atoms with Gasteiger partial charge in [0.25, 0.3) is 0 Å². The number of nitrogens with zero attached hydrogens (tertiary/aromatic N) is 4. The number of aliphatic hydroxyl groups is 1. The van der Waals surface area contributed by atoms with Crippen LogP contribution in [-0.2, 0) is 0 Å². The fourth-order valence-electron chi connectivity index (χ4n) is 4.72. The van der Waals surface area contributed by atoms with E-state index in [1.54, 1.807) is 0 Å². The van der Waals surface area contributed by atoms with Gasteiger partial charge in [0.1, 0.15) is 11.5 Å². The topological polar surface area (TPSA) is 75.9 Å². The van der Waals surface area contributed by atoms with Crippen LogP contribution in [0.4, 0.5) is 5.82 Å². The van der Waals surface area contributed by atoms with Gasteiger partial charge in [0.05, 0.1) is 24.0 Å². The second kappa shape index (κ2) is 7.02. The lowest BCUT2D eigenvalue weighted by atomic mass is 9.78. The predicted molar refractivity (Wildman–Crippen MR) is 109 cm³/mol. The smallest absolute Gasteiger partial charge is 0.126 e. The summed E-state index contributed by atoms with van der Waals surface area (Å²) in [6, 6.07) is 10.8. The first-order valence-electron chi connectivity index (χ1n) is 10.1. The average Bonchev–Trinajstić information content (AvgIpc) is 3.16. The zero-order valence-corrected chi connectivity index (χ0v) is 16.1. The monoisotopic (exact) mass is 375 g/mol. The van der Waals surface area contributed by atoms with E-state index in [2.05, 4.69) is 39.2 Å². The molecule has 0 unspecified atom stereocenters. The van der Waals surface area contributed by atoms with Crippen molar-refractivity contribution in [2.24, 2.45) is 0 Å². The van der Waals surface area contributed by atoms with E-state index in [-0.39, 0.29) is 6.61 Å². The van der Waals surface area contributed by atoms with E-state index in [1.807, 2.05) is 19.2 Å². The van der Waals surface area contributed by atoms with E-state index in [4.69, 9.17) is 15.2 Å². The minimum Gasteiger partial charge on any atom is -0.395 e. The van der Waals surface area contributed by atoms with Crippen LogP contribution in [0, 0.1) is 6.92 Å². The summed E-state index contributed by atoms with van der Waals surface area (Å²) >= 11 is 0. The number of hydrogen-bond acceptors (Lipinski definition) is 5. The molecule has 6 heteroatoms. The molecule has 0 aromatic carbocycles. The van der Waals surface area contributed by atoms with Crippen molar-refractivity contribution in [2.45, 2.75) is 44.6 Å². The lowest BCUT2D eigenvalue weighted by Gasteiger charge is -2.37. The van der Waals surface area contributed by atoms with Gasteiger partial charge in [-0.05, 0) is 62.4 Å². The first-order valence-corrected chi connectivity index (χ1v) is 10.1. The standard InChI is InChI=1S/C22H25N5O/c1-14-3-2-4-18(25-14)21-20(16-9-10-23-19(13-16)24-11-12-28)22-15-5-7-17(8-6-15)27(22)26-21/h2-4,9-10,13,15,17,28H,5-8,11-12H2,1H3,(H,23,24). The number of rotatable bonds is 5. The van der Waals surface area contributed by atoms with Crippen molar-refractivity contribution in [2.75, 3.05) is 18.5 Å². The highest BCUT2D eigenvalue weighted by atomic mass is 16.3. The van der Waals surface area contributed by atoms with Crippen molar-refractivity contribution < 1.29 is 5.11 Å². The zero-order valence-electron chi connectivity index (χ0n) is 16.1. The van der Waals surface area contributed by atoms with Gasteiger partial charge in [-0.15, -0.1) is 0 Å². The Kier molecular flexibility index (Phi) is 4.36. The van der Waals surface area contributed by atoms with Crippen LogP contribution in [0.25, 0.3) is 22.5 Å². The highest BCUT2D eigenvalue weighted by molar-refractivity contribution is 5.83. The Bertz CT molecular complexity index is 1000. The Labute approximate surface area is 164 Å².